The van der Waals surface area contributed by atoms with Crippen LogP contribution in [0.25, 0.3) is 0 Å². The molecule has 2 saturated carbocycles. The molecule has 3 rings (SSSR count). The van der Waals surface area contributed by atoms with E-state index in [1.807, 2.05) is 17.8 Å². The summed E-state index contributed by atoms with van der Waals surface area (Å²) in [5.74, 6) is 2.04. The van der Waals surface area contributed by atoms with Gasteiger partial charge in [0.05, 0.1) is 6.33 Å². The molecule has 1 aromatic rings. The predicted molar refractivity (Wildman–Crippen MR) is 56.5 cm³/mol. The van der Waals surface area contributed by atoms with E-state index in [0.29, 0.717) is 11.6 Å². The Balaban J connectivity index is 1.81. The fraction of sp³-hybridized carbons (Fsp3) is 0.667. The number of aromatic nitrogens is 2. The Labute approximate surface area is 89.5 Å². The third-order valence-corrected chi connectivity index (χ3v) is 4.03. The summed E-state index contributed by atoms with van der Waals surface area (Å²) in [5, 5.41) is 0. The van der Waals surface area contributed by atoms with E-state index >= 15 is 0 Å². The quantitative estimate of drug-likeness (QED) is 0.691. The van der Waals surface area contributed by atoms with Gasteiger partial charge in [0.1, 0.15) is 5.69 Å². The van der Waals surface area contributed by atoms with Crippen LogP contribution in [0.15, 0.2) is 12.5 Å². The maximum absolute atomic E-state index is 12.2. The van der Waals surface area contributed by atoms with Crippen LogP contribution in [0.5, 0.6) is 0 Å². The van der Waals surface area contributed by atoms with Gasteiger partial charge in [-0.2, -0.15) is 0 Å². The zero-order valence-electron chi connectivity index (χ0n) is 9.02. The van der Waals surface area contributed by atoms with Crippen LogP contribution in [0.2, 0.25) is 0 Å². The Kier molecular flexibility index (Phi) is 1.94. The Bertz CT molecular complexity index is 396. The van der Waals surface area contributed by atoms with Gasteiger partial charge in [0.25, 0.3) is 0 Å². The standard InChI is InChI=1S/C12H16N2O/c1-14-6-11(13-7-14)12(15)10-5-8-2-3-9(10)4-8/h6-10H,2-5H2,1H3. The molecule has 3 atom stereocenters. The minimum absolute atomic E-state index is 0.277. The van der Waals surface area contributed by atoms with Crippen LogP contribution in [0.3, 0.4) is 0 Å². The number of ketones is 1. The lowest BCUT2D eigenvalue weighted by molar-refractivity contribution is 0.0870. The van der Waals surface area contributed by atoms with Gasteiger partial charge in [-0.1, -0.05) is 6.42 Å². The van der Waals surface area contributed by atoms with Crippen LogP contribution in [0.1, 0.15) is 36.2 Å². The van der Waals surface area contributed by atoms with E-state index in [1.54, 1.807) is 6.33 Å². The lowest BCUT2D eigenvalue weighted by Gasteiger charge is -2.18. The number of hydrogen-bond donors (Lipinski definition) is 0. The van der Waals surface area contributed by atoms with E-state index in [-0.39, 0.29) is 11.7 Å². The molecule has 3 unspecified atom stereocenters. The summed E-state index contributed by atoms with van der Waals surface area (Å²) in [4.78, 5) is 16.3. The first-order chi connectivity index (χ1) is 7.24. The number of hydrogen-bond acceptors (Lipinski definition) is 2. The van der Waals surface area contributed by atoms with Crippen molar-refractivity contribution in [1.29, 1.82) is 0 Å². The van der Waals surface area contributed by atoms with Crippen molar-refractivity contribution in [3.05, 3.63) is 18.2 Å². The lowest BCUT2D eigenvalue weighted by atomic mass is 9.85. The van der Waals surface area contributed by atoms with Crippen molar-refractivity contribution in [2.45, 2.75) is 25.7 Å². The molecule has 0 radical (unpaired) electrons. The molecule has 0 aliphatic heterocycles. The minimum Gasteiger partial charge on any atom is -0.340 e. The van der Waals surface area contributed by atoms with Crippen LogP contribution in [-0.2, 0) is 7.05 Å². The van der Waals surface area contributed by atoms with Gasteiger partial charge in [-0.3, -0.25) is 4.79 Å². The normalized spacial score (nSPS) is 33.5. The summed E-state index contributed by atoms with van der Waals surface area (Å²) in [7, 11) is 1.91. The van der Waals surface area contributed by atoms with E-state index < -0.39 is 0 Å². The van der Waals surface area contributed by atoms with Crippen molar-refractivity contribution in [2.24, 2.45) is 24.8 Å². The maximum Gasteiger partial charge on any atom is 0.186 e. The molecule has 0 saturated heterocycles. The molecule has 80 valence electrons. The van der Waals surface area contributed by atoms with E-state index in [1.165, 1.54) is 19.3 Å². The first-order valence-electron chi connectivity index (χ1n) is 5.76. The molecule has 0 aromatic carbocycles. The monoisotopic (exact) mass is 204 g/mol. The average Bonchev–Trinajstić information content (AvgIpc) is 2.90. The molecule has 2 fully saturated rings. The number of rotatable bonds is 2. The molecule has 1 aromatic heterocycles. The topological polar surface area (TPSA) is 34.9 Å². The highest BCUT2D eigenvalue weighted by atomic mass is 16.1. The second kappa shape index (κ2) is 3.19. The molecular weight excluding hydrogens is 188 g/mol. The largest absolute Gasteiger partial charge is 0.340 e. The van der Waals surface area contributed by atoms with Crippen molar-refractivity contribution < 1.29 is 4.79 Å². The van der Waals surface area contributed by atoms with Gasteiger partial charge >= 0.3 is 0 Å². The Morgan fingerprint density at radius 1 is 1.47 bits per heavy atom. The van der Waals surface area contributed by atoms with Crippen LogP contribution < -0.4 is 0 Å². The van der Waals surface area contributed by atoms with Gasteiger partial charge in [0.15, 0.2) is 5.78 Å². The highest BCUT2D eigenvalue weighted by Crippen LogP contribution is 2.49. The number of fused-ring (bicyclic) bond motifs is 2. The predicted octanol–water partition coefficient (Wildman–Crippen LogP) is 2.04. The molecule has 15 heavy (non-hydrogen) atoms. The van der Waals surface area contributed by atoms with Crippen molar-refractivity contribution in [1.82, 2.24) is 9.55 Å². The lowest BCUT2D eigenvalue weighted by Crippen LogP contribution is -2.21. The highest BCUT2D eigenvalue weighted by molar-refractivity contribution is 5.96. The van der Waals surface area contributed by atoms with E-state index in [2.05, 4.69) is 4.98 Å². The molecule has 1 heterocycles. The zero-order chi connectivity index (χ0) is 10.4. The summed E-state index contributed by atoms with van der Waals surface area (Å²) in [6.07, 6.45) is 8.54. The van der Waals surface area contributed by atoms with Crippen molar-refractivity contribution in [3.63, 3.8) is 0 Å². The summed E-state index contributed by atoms with van der Waals surface area (Å²) >= 11 is 0. The van der Waals surface area contributed by atoms with E-state index in [9.17, 15) is 4.79 Å². The fourth-order valence-electron chi connectivity index (χ4n) is 3.30. The third kappa shape index (κ3) is 1.41. The molecule has 2 bridgehead atoms. The highest BCUT2D eigenvalue weighted by Gasteiger charge is 2.43. The van der Waals surface area contributed by atoms with Crippen molar-refractivity contribution in [3.8, 4) is 0 Å². The first kappa shape index (κ1) is 9.13. The maximum atomic E-state index is 12.2. The van der Waals surface area contributed by atoms with Crippen LogP contribution in [0, 0.1) is 17.8 Å². The number of nitrogens with zero attached hydrogens (tertiary/aromatic N) is 2. The molecular formula is C12H16N2O. The van der Waals surface area contributed by atoms with Crippen LogP contribution in [0.4, 0.5) is 0 Å². The second-order valence-electron chi connectivity index (χ2n) is 5.07. The van der Waals surface area contributed by atoms with Gasteiger partial charge in [0, 0.05) is 19.2 Å². The molecule has 0 amide bonds. The summed E-state index contributed by atoms with van der Waals surface area (Å²) in [5.41, 5.74) is 0.662. The second-order valence-corrected chi connectivity index (χ2v) is 5.07. The summed E-state index contributed by atoms with van der Waals surface area (Å²) < 4.78 is 1.85. The molecule has 2 aliphatic carbocycles. The van der Waals surface area contributed by atoms with Gasteiger partial charge in [-0.05, 0) is 31.1 Å². The Hall–Kier alpha value is -1.12. The molecule has 3 heteroatoms. The van der Waals surface area contributed by atoms with Gasteiger partial charge in [0.2, 0.25) is 0 Å². The molecule has 0 N–H and O–H groups in total. The van der Waals surface area contributed by atoms with Crippen molar-refractivity contribution in [2.75, 3.05) is 0 Å². The fourth-order valence-corrected chi connectivity index (χ4v) is 3.30. The average molecular weight is 204 g/mol. The van der Waals surface area contributed by atoms with E-state index in [4.69, 9.17) is 0 Å². The summed E-state index contributed by atoms with van der Waals surface area (Å²) in [6.45, 7) is 0. The number of carbonyl (C=O) groups excluding carboxylic acids is 1. The molecule has 2 aliphatic rings. The van der Waals surface area contributed by atoms with Gasteiger partial charge in [-0.15, -0.1) is 0 Å². The Morgan fingerprint density at radius 2 is 2.33 bits per heavy atom. The Morgan fingerprint density at radius 3 is 2.87 bits per heavy atom. The van der Waals surface area contributed by atoms with Gasteiger partial charge in [-0.25, -0.2) is 4.98 Å². The van der Waals surface area contributed by atoms with Crippen molar-refractivity contribution >= 4 is 5.78 Å². The summed E-state index contributed by atoms with van der Waals surface area (Å²) in [6, 6.07) is 0. The van der Waals surface area contributed by atoms with Crippen LogP contribution in [-0.4, -0.2) is 15.3 Å². The third-order valence-electron chi connectivity index (χ3n) is 4.03. The first-order valence-corrected chi connectivity index (χ1v) is 5.76. The van der Waals surface area contributed by atoms with E-state index in [0.717, 1.165) is 12.3 Å². The number of carbonyl (C=O) groups is 1. The van der Waals surface area contributed by atoms with Gasteiger partial charge < -0.3 is 4.57 Å². The minimum atomic E-state index is 0.277. The number of imidazole rings is 1. The smallest absolute Gasteiger partial charge is 0.186 e. The van der Waals surface area contributed by atoms with Crippen LogP contribution >= 0.6 is 0 Å². The number of Topliss-reactive ketones (excluding diaryl/α,β-unsaturated/α-hetero) is 1. The molecule has 0 spiro atoms. The zero-order valence-corrected chi connectivity index (χ0v) is 9.02. The SMILES string of the molecule is Cn1cnc(C(=O)C2CC3CCC2C3)c1. The molecule has 3 nitrogen and oxygen atoms in total. The number of aryl methyl sites for hydroxylation is 1.